The van der Waals surface area contributed by atoms with Crippen molar-refractivity contribution in [1.29, 1.82) is 0 Å². The third kappa shape index (κ3) is 5.07. The Balaban J connectivity index is 1.25. The zero-order valence-electron chi connectivity index (χ0n) is 20.8. The summed E-state index contributed by atoms with van der Waals surface area (Å²) in [6.07, 6.45) is 2.93. The maximum Gasteiger partial charge on any atom is 0.242 e. The van der Waals surface area contributed by atoms with Crippen molar-refractivity contribution >= 4 is 20.8 Å². The molecule has 0 saturated carbocycles. The molecular formula is C29H34N2O3S2. The number of fused-ring (bicyclic) bond motifs is 2. The lowest BCUT2D eigenvalue weighted by atomic mass is 9.74. The van der Waals surface area contributed by atoms with Crippen LogP contribution in [-0.4, -0.2) is 60.8 Å². The molecule has 3 aromatic carbocycles. The minimum absolute atomic E-state index is 0.0424. The molecule has 5 rings (SSSR count). The second-order valence-electron chi connectivity index (χ2n) is 10.1. The van der Waals surface area contributed by atoms with Crippen LogP contribution in [0, 0.1) is 0 Å². The van der Waals surface area contributed by atoms with E-state index in [4.69, 9.17) is 0 Å². The Morgan fingerprint density at radius 2 is 1.53 bits per heavy atom. The molecule has 0 bridgehead atoms. The Hall–Kier alpha value is -2.32. The predicted molar refractivity (Wildman–Crippen MR) is 145 cm³/mol. The molecule has 2 heterocycles. The van der Waals surface area contributed by atoms with Crippen LogP contribution in [0.5, 0.6) is 0 Å². The van der Waals surface area contributed by atoms with Crippen molar-refractivity contribution in [2.45, 2.75) is 40.4 Å². The molecule has 0 radical (unpaired) electrons. The van der Waals surface area contributed by atoms with Gasteiger partial charge in [-0.05, 0) is 74.1 Å². The summed E-state index contributed by atoms with van der Waals surface area (Å²) in [5.74, 6) is 0.847. The second-order valence-corrected chi connectivity index (χ2v) is 13.6. The monoisotopic (exact) mass is 522 g/mol. The first-order chi connectivity index (χ1) is 17.4. The maximum absolute atomic E-state index is 13.2. The molecule has 2 aliphatic rings. The van der Waals surface area contributed by atoms with Crippen LogP contribution < -0.4 is 0 Å². The van der Waals surface area contributed by atoms with Gasteiger partial charge in [-0.2, -0.15) is 0 Å². The van der Waals surface area contributed by atoms with E-state index in [-0.39, 0.29) is 11.3 Å². The summed E-state index contributed by atoms with van der Waals surface area (Å²) in [4.78, 5) is 3.85. The van der Waals surface area contributed by atoms with Gasteiger partial charge in [0, 0.05) is 29.7 Å². The van der Waals surface area contributed by atoms with Crippen LogP contribution in [0.1, 0.15) is 36.3 Å². The third-order valence-electron chi connectivity index (χ3n) is 7.92. The summed E-state index contributed by atoms with van der Waals surface area (Å²) in [6, 6.07) is 27.2. The second kappa shape index (κ2) is 10.6. The number of likely N-dealkylation sites (N-methyl/N-ethyl adjacent to an activating group) is 1. The van der Waals surface area contributed by atoms with E-state index in [9.17, 15) is 12.6 Å². The summed E-state index contributed by atoms with van der Waals surface area (Å²) in [5, 5.41) is 0. The van der Waals surface area contributed by atoms with Crippen molar-refractivity contribution in [1.82, 2.24) is 9.21 Å². The lowest BCUT2D eigenvalue weighted by molar-refractivity contribution is 0.165. The Morgan fingerprint density at radius 3 is 2.22 bits per heavy atom. The molecule has 36 heavy (non-hydrogen) atoms. The number of piperidine rings is 1. The van der Waals surface area contributed by atoms with E-state index in [2.05, 4.69) is 29.2 Å². The number of benzene rings is 3. The largest absolute Gasteiger partial charge is 0.303 e. The Kier molecular flexibility index (Phi) is 7.45. The van der Waals surface area contributed by atoms with Gasteiger partial charge in [0.1, 0.15) is 0 Å². The number of rotatable bonds is 8. The van der Waals surface area contributed by atoms with Gasteiger partial charge in [-0.1, -0.05) is 66.7 Å². The highest BCUT2D eigenvalue weighted by Gasteiger charge is 2.44. The molecule has 7 heteroatoms. The molecule has 1 saturated heterocycles. The molecular weight excluding hydrogens is 488 g/mol. The molecule has 5 nitrogen and oxygen atoms in total. The fraction of sp³-hybridized carbons (Fsp3) is 0.379. The quantitative estimate of drug-likeness (QED) is 0.433. The summed E-state index contributed by atoms with van der Waals surface area (Å²) in [6.45, 7) is 3.31. The van der Waals surface area contributed by atoms with Gasteiger partial charge in [0.25, 0.3) is 0 Å². The van der Waals surface area contributed by atoms with Crippen molar-refractivity contribution in [3.05, 3.63) is 96.1 Å². The molecule has 0 aromatic heterocycles. The molecule has 0 amide bonds. The number of likely N-dealkylation sites (tertiary alicyclic amines) is 1. The first kappa shape index (κ1) is 25.3. The lowest BCUT2D eigenvalue weighted by Gasteiger charge is -2.40. The van der Waals surface area contributed by atoms with Gasteiger partial charge in [0.15, 0.2) is 0 Å². The number of sulfonamides is 1. The lowest BCUT2D eigenvalue weighted by Crippen LogP contribution is -2.44. The standard InChI is InChI=1S/C29H34N2O3S2/c1-30(36(33,34)26-12-6-3-7-13-26)22-25(24-10-4-2-5-11-24)16-19-31-20-17-29(18-21-31)23-35(32)28-15-9-8-14-27(28)29/h2-15,25H,16-23H2,1H3/t25-,35-/m0/s1. The van der Waals surface area contributed by atoms with Crippen LogP contribution >= 0.6 is 0 Å². The molecule has 0 unspecified atom stereocenters. The predicted octanol–water partition coefficient (Wildman–Crippen LogP) is 4.64. The highest BCUT2D eigenvalue weighted by Crippen LogP contribution is 2.44. The maximum atomic E-state index is 13.2. The van der Waals surface area contributed by atoms with E-state index in [0.29, 0.717) is 11.4 Å². The third-order valence-corrected chi connectivity index (χ3v) is 11.4. The average molecular weight is 523 g/mol. The molecule has 2 atom stereocenters. The van der Waals surface area contributed by atoms with Crippen LogP contribution in [0.2, 0.25) is 0 Å². The van der Waals surface area contributed by atoms with Crippen LogP contribution in [0.3, 0.4) is 0 Å². The fourth-order valence-corrected chi connectivity index (χ4v) is 8.83. The van der Waals surface area contributed by atoms with E-state index in [1.165, 1.54) is 15.4 Å². The Morgan fingerprint density at radius 1 is 0.917 bits per heavy atom. The zero-order chi connectivity index (χ0) is 25.2. The molecule has 1 fully saturated rings. The molecule has 3 aromatic rings. The first-order valence-electron chi connectivity index (χ1n) is 12.7. The number of hydrogen-bond donors (Lipinski definition) is 0. The summed E-state index contributed by atoms with van der Waals surface area (Å²) >= 11 is 0. The molecule has 190 valence electrons. The minimum atomic E-state index is -3.54. The van der Waals surface area contributed by atoms with Gasteiger partial charge in [-0.25, -0.2) is 12.7 Å². The average Bonchev–Trinajstić information content (AvgIpc) is 3.19. The topological polar surface area (TPSA) is 57.7 Å². The Labute approximate surface area is 217 Å². The van der Waals surface area contributed by atoms with Gasteiger partial charge in [-0.15, -0.1) is 0 Å². The van der Waals surface area contributed by atoms with E-state index >= 15 is 0 Å². The number of nitrogens with zero attached hydrogens (tertiary/aromatic N) is 2. The minimum Gasteiger partial charge on any atom is -0.303 e. The van der Waals surface area contributed by atoms with Gasteiger partial charge in [0.05, 0.1) is 15.7 Å². The summed E-state index contributed by atoms with van der Waals surface area (Å²) in [5.41, 5.74) is 2.50. The van der Waals surface area contributed by atoms with Gasteiger partial charge < -0.3 is 4.90 Å². The van der Waals surface area contributed by atoms with Gasteiger partial charge in [0.2, 0.25) is 10.0 Å². The van der Waals surface area contributed by atoms with Crippen LogP contribution in [0.15, 0.2) is 94.7 Å². The van der Waals surface area contributed by atoms with Gasteiger partial charge in [-0.3, -0.25) is 4.21 Å². The van der Waals surface area contributed by atoms with E-state index in [1.54, 1.807) is 31.3 Å². The van der Waals surface area contributed by atoms with Crippen molar-refractivity contribution in [2.24, 2.45) is 0 Å². The van der Waals surface area contributed by atoms with Crippen LogP contribution in [0.25, 0.3) is 0 Å². The van der Waals surface area contributed by atoms with Crippen molar-refractivity contribution in [2.75, 3.05) is 39.0 Å². The van der Waals surface area contributed by atoms with Crippen LogP contribution in [0.4, 0.5) is 0 Å². The highest BCUT2D eigenvalue weighted by molar-refractivity contribution is 7.89. The zero-order valence-corrected chi connectivity index (χ0v) is 22.4. The van der Waals surface area contributed by atoms with E-state index in [1.807, 2.05) is 36.4 Å². The smallest absolute Gasteiger partial charge is 0.242 e. The first-order valence-corrected chi connectivity index (χ1v) is 15.4. The van der Waals surface area contributed by atoms with E-state index in [0.717, 1.165) is 49.5 Å². The molecule has 0 aliphatic carbocycles. The van der Waals surface area contributed by atoms with Crippen LogP contribution in [-0.2, 0) is 26.2 Å². The normalized spacial score (nSPS) is 20.4. The summed E-state index contributed by atoms with van der Waals surface area (Å²) in [7, 11) is -2.76. The Bertz CT molecular complexity index is 1300. The molecule has 2 aliphatic heterocycles. The number of hydrogen-bond acceptors (Lipinski definition) is 4. The van der Waals surface area contributed by atoms with E-state index < -0.39 is 20.8 Å². The van der Waals surface area contributed by atoms with Crippen molar-refractivity contribution in [3.8, 4) is 0 Å². The SMILES string of the molecule is CN(C[C@H](CCN1CCC2(CC1)C[S@](=O)c1ccccc12)c1ccccc1)S(=O)(=O)c1ccccc1. The molecule has 1 spiro atoms. The fourth-order valence-electron chi connectivity index (χ4n) is 5.74. The van der Waals surface area contributed by atoms with Crippen molar-refractivity contribution < 1.29 is 12.6 Å². The molecule has 0 N–H and O–H groups in total. The van der Waals surface area contributed by atoms with Crippen molar-refractivity contribution in [3.63, 3.8) is 0 Å². The van der Waals surface area contributed by atoms with Gasteiger partial charge >= 0.3 is 0 Å². The highest BCUT2D eigenvalue weighted by atomic mass is 32.2. The summed E-state index contributed by atoms with van der Waals surface area (Å²) < 4.78 is 40.6.